The van der Waals surface area contributed by atoms with E-state index in [0.29, 0.717) is 12.3 Å². The van der Waals surface area contributed by atoms with E-state index in [9.17, 15) is 9.59 Å². The molecule has 4 heteroatoms. The summed E-state index contributed by atoms with van der Waals surface area (Å²) < 4.78 is 9.88. The topological polar surface area (TPSA) is 52.6 Å². The highest BCUT2D eigenvalue weighted by Gasteiger charge is 2.53. The molecule has 0 aliphatic heterocycles. The van der Waals surface area contributed by atoms with Gasteiger partial charge in [0.25, 0.3) is 0 Å². The molecule has 116 valence electrons. The van der Waals surface area contributed by atoms with Crippen molar-refractivity contribution >= 4 is 11.9 Å². The number of methoxy groups -OCH3 is 2. The number of rotatable bonds is 2. The molecule has 1 fully saturated rings. The number of hydrogen-bond acceptors (Lipinski definition) is 4. The third kappa shape index (κ3) is 2.41. The highest BCUT2D eigenvalue weighted by atomic mass is 16.5. The maximum atomic E-state index is 12.4. The van der Waals surface area contributed by atoms with Crippen LogP contribution >= 0.6 is 0 Å². The molecule has 0 N–H and O–H groups in total. The summed E-state index contributed by atoms with van der Waals surface area (Å²) in [6.45, 7) is 8.32. The summed E-state index contributed by atoms with van der Waals surface area (Å²) in [5.41, 5.74) is 2.09. The maximum absolute atomic E-state index is 12.4. The lowest BCUT2D eigenvalue weighted by atomic mass is 9.74. The van der Waals surface area contributed by atoms with Gasteiger partial charge in [0.1, 0.15) is 0 Å². The molecule has 2 aliphatic carbocycles. The second kappa shape index (κ2) is 5.66. The van der Waals surface area contributed by atoms with Crippen LogP contribution < -0.4 is 0 Å². The lowest BCUT2D eigenvalue weighted by molar-refractivity contribution is -0.170. The van der Waals surface area contributed by atoms with E-state index >= 15 is 0 Å². The molecule has 4 nitrogen and oxygen atoms in total. The van der Waals surface area contributed by atoms with Gasteiger partial charge in [0.2, 0.25) is 0 Å². The fourth-order valence-electron chi connectivity index (χ4n) is 3.86. The molecule has 0 heterocycles. The number of hydrogen-bond donors (Lipinski definition) is 0. The zero-order chi connectivity index (χ0) is 15.8. The molecule has 0 aromatic heterocycles. The van der Waals surface area contributed by atoms with Crippen LogP contribution in [0.3, 0.4) is 0 Å². The molecule has 0 spiro atoms. The van der Waals surface area contributed by atoms with Gasteiger partial charge in [0, 0.05) is 0 Å². The van der Waals surface area contributed by atoms with Crippen LogP contribution in [0.2, 0.25) is 0 Å². The molecule has 0 amide bonds. The molecule has 0 aromatic rings. The Hall–Kier alpha value is -1.58. The van der Waals surface area contributed by atoms with Gasteiger partial charge < -0.3 is 9.47 Å². The van der Waals surface area contributed by atoms with Crippen molar-refractivity contribution in [2.45, 2.75) is 39.5 Å². The number of fused-ring (bicyclic) bond motifs is 1. The molecule has 0 radical (unpaired) electrons. The number of ether oxygens (including phenoxy) is 2. The van der Waals surface area contributed by atoms with Gasteiger partial charge in [-0.3, -0.25) is 9.59 Å². The van der Waals surface area contributed by atoms with E-state index < -0.39 is 17.4 Å². The Labute approximate surface area is 126 Å². The summed E-state index contributed by atoms with van der Waals surface area (Å²) in [5.74, 6) is -0.343. The first-order valence-corrected chi connectivity index (χ1v) is 7.42. The maximum Gasteiger partial charge on any atom is 0.323 e. The van der Waals surface area contributed by atoms with Crippen LogP contribution in [0, 0.1) is 17.3 Å². The van der Waals surface area contributed by atoms with Crippen LogP contribution in [0.4, 0.5) is 0 Å². The van der Waals surface area contributed by atoms with E-state index in [-0.39, 0.29) is 12.3 Å². The average molecular weight is 292 g/mol. The first kappa shape index (κ1) is 15.8. The van der Waals surface area contributed by atoms with Crippen molar-refractivity contribution in [1.82, 2.24) is 0 Å². The Bertz CT molecular complexity index is 499. The minimum Gasteiger partial charge on any atom is -0.468 e. The Morgan fingerprint density at radius 3 is 2.33 bits per heavy atom. The van der Waals surface area contributed by atoms with Crippen molar-refractivity contribution in [3.63, 3.8) is 0 Å². The fraction of sp³-hybridized carbons (Fsp3) is 0.647. The Morgan fingerprint density at radius 2 is 1.81 bits per heavy atom. The van der Waals surface area contributed by atoms with Crippen molar-refractivity contribution in [3.8, 4) is 0 Å². The van der Waals surface area contributed by atoms with Gasteiger partial charge in [-0.1, -0.05) is 24.6 Å². The molecular formula is C17H24O4. The SMILES string of the molecule is C=C1CC(C(=O)OC)(C(=O)OC)C[C@H]2C(=C1C)CC[C@@H]2C. The molecule has 0 unspecified atom stereocenters. The minimum atomic E-state index is -1.26. The van der Waals surface area contributed by atoms with Crippen LogP contribution in [-0.2, 0) is 19.1 Å². The largest absolute Gasteiger partial charge is 0.468 e. The molecule has 2 rings (SSSR count). The van der Waals surface area contributed by atoms with Gasteiger partial charge in [-0.15, -0.1) is 0 Å². The third-order valence-corrected chi connectivity index (χ3v) is 5.25. The van der Waals surface area contributed by atoms with E-state index in [2.05, 4.69) is 13.5 Å². The molecule has 2 aliphatic rings. The summed E-state index contributed by atoms with van der Waals surface area (Å²) in [4.78, 5) is 24.8. The monoisotopic (exact) mass is 292 g/mol. The first-order valence-electron chi connectivity index (χ1n) is 7.42. The number of allylic oxidation sites excluding steroid dienone is 3. The molecular weight excluding hydrogens is 268 g/mol. The first-order chi connectivity index (χ1) is 9.87. The van der Waals surface area contributed by atoms with E-state index in [4.69, 9.17) is 9.47 Å². The zero-order valence-corrected chi connectivity index (χ0v) is 13.3. The average Bonchev–Trinajstić information content (AvgIpc) is 2.78. The van der Waals surface area contributed by atoms with Crippen LogP contribution in [0.15, 0.2) is 23.3 Å². The van der Waals surface area contributed by atoms with Gasteiger partial charge >= 0.3 is 11.9 Å². The molecule has 2 atom stereocenters. The number of esters is 2. The second-order valence-electron chi connectivity index (χ2n) is 6.32. The fourth-order valence-corrected chi connectivity index (χ4v) is 3.86. The summed E-state index contributed by atoms with van der Waals surface area (Å²) in [6.07, 6.45) is 2.85. The highest BCUT2D eigenvalue weighted by molar-refractivity contribution is 6.00. The van der Waals surface area contributed by atoms with E-state index in [1.807, 2.05) is 6.92 Å². The van der Waals surface area contributed by atoms with E-state index in [1.165, 1.54) is 19.8 Å². The van der Waals surface area contributed by atoms with Crippen LogP contribution in [0.1, 0.15) is 39.5 Å². The third-order valence-electron chi connectivity index (χ3n) is 5.25. The smallest absolute Gasteiger partial charge is 0.323 e. The molecule has 0 saturated heterocycles. The summed E-state index contributed by atoms with van der Waals surface area (Å²) in [7, 11) is 2.64. The second-order valence-corrected chi connectivity index (χ2v) is 6.32. The Morgan fingerprint density at radius 1 is 1.24 bits per heavy atom. The van der Waals surface area contributed by atoms with E-state index in [1.54, 1.807) is 0 Å². The molecule has 21 heavy (non-hydrogen) atoms. The number of carbonyl (C=O) groups is 2. The van der Waals surface area contributed by atoms with Gasteiger partial charge in [0.15, 0.2) is 5.41 Å². The van der Waals surface area contributed by atoms with Crippen molar-refractivity contribution in [1.29, 1.82) is 0 Å². The lowest BCUT2D eigenvalue weighted by Gasteiger charge is -2.30. The molecule has 1 saturated carbocycles. The van der Waals surface area contributed by atoms with Crippen LogP contribution in [0.25, 0.3) is 0 Å². The Balaban J connectivity index is 2.52. The lowest BCUT2D eigenvalue weighted by Crippen LogP contribution is -2.43. The van der Waals surface area contributed by atoms with Gasteiger partial charge in [-0.2, -0.15) is 0 Å². The van der Waals surface area contributed by atoms with Crippen molar-refractivity contribution in [3.05, 3.63) is 23.3 Å². The van der Waals surface area contributed by atoms with Crippen LogP contribution in [-0.4, -0.2) is 26.2 Å². The standard InChI is InChI=1S/C17H24O4/c1-10-6-7-13-12(3)11(2)8-17(9-14(10)13,15(18)20-4)16(19)21-5/h10,14H,2,6-9H2,1,3-5H3/t10-,14+/m0/s1. The van der Waals surface area contributed by atoms with E-state index in [0.717, 1.165) is 24.0 Å². The minimum absolute atomic E-state index is 0.224. The predicted molar refractivity (Wildman–Crippen MR) is 79.4 cm³/mol. The van der Waals surface area contributed by atoms with Gasteiger partial charge in [0.05, 0.1) is 14.2 Å². The van der Waals surface area contributed by atoms with Crippen molar-refractivity contribution in [2.75, 3.05) is 14.2 Å². The normalized spacial score (nSPS) is 27.9. The van der Waals surface area contributed by atoms with Crippen molar-refractivity contribution in [2.24, 2.45) is 17.3 Å². The molecule has 0 aromatic carbocycles. The molecule has 0 bridgehead atoms. The Kier molecular flexibility index (Phi) is 4.26. The predicted octanol–water partition coefficient (Wildman–Crippen LogP) is 3.03. The van der Waals surface area contributed by atoms with Crippen molar-refractivity contribution < 1.29 is 19.1 Å². The summed E-state index contributed by atoms with van der Waals surface area (Å²) >= 11 is 0. The quantitative estimate of drug-likeness (QED) is 0.580. The number of carbonyl (C=O) groups excluding carboxylic acids is 2. The summed E-state index contributed by atoms with van der Waals surface area (Å²) in [6, 6.07) is 0. The van der Waals surface area contributed by atoms with Gasteiger partial charge in [-0.25, -0.2) is 0 Å². The summed E-state index contributed by atoms with van der Waals surface area (Å²) in [5, 5.41) is 0. The van der Waals surface area contributed by atoms with Gasteiger partial charge in [-0.05, 0) is 50.0 Å². The van der Waals surface area contributed by atoms with Crippen LogP contribution in [0.5, 0.6) is 0 Å². The zero-order valence-electron chi connectivity index (χ0n) is 13.3. The highest BCUT2D eigenvalue weighted by Crippen LogP contribution is 2.51.